The Bertz CT molecular complexity index is 1380. The maximum atomic E-state index is 13.2. The highest BCUT2D eigenvalue weighted by molar-refractivity contribution is 7.89. The Morgan fingerprint density at radius 3 is 2.03 bits per heavy atom. The molecule has 0 atom stereocenters. The van der Waals surface area contributed by atoms with Crippen LogP contribution in [0.5, 0.6) is 0 Å². The molecule has 0 bridgehead atoms. The highest BCUT2D eigenvalue weighted by Crippen LogP contribution is 2.29. The van der Waals surface area contributed by atoms with Crippen LogP contribution in [0.1, 0.15) is 37.3 Å². The van der Waals surface area contributed by atoms with Crippen molar-refractivity contribution in [1.29, 1.82) is 0 Å². The van der Waals surface area contributed by atoms with Gasteiger partial charge in [0, 0.05) is 35.6 Å². The number of amides is 2. The number of nitrogens with two attached hydrogens (primary N) is 1. The fourth-order valence-electron chi connectivity index (χ4n) is 4.11. The molecule has 3 N–H and O–H groups in total. The second-order valence-electron chi connectivity index (χ2n) is 8.87. The Labute approximate surface area is 221 Å². The third-order valence-electron chi connectivity index (χ3n) is 6.03. The molecule has 3 aromatic carbocycles. The monoisotopic (exact) mass is 535 g/mol. The van der Waals surface area contributed by atoms with Gasteiger partial charge in [-0.05, 0) is 55.7 Å². The van der Waals surface area contributed by atoms with Crippen LogP contribution in [0.25, 0.3) is 11.4 Å². The third-order valence-corrected chi connectivity index (χ3v) is 7.59. The summed E-state index contributed by atoms with van der Waals surface area (Å²) >= 11 is 1.07. The molecular weight excluding hydrogens is 506 g/mol. The molecule has 4 rings (SSSR count). The van der Waals surface area contributed by atoms with Crippen LogP contribution in [-0.2, 0) is 10.0 Å². The number of hydrogen-bond acceptors (Lipinski definition) is 6. The van der Waals surface area contributed by atoms with E-state index in [2.05, 4.69) is 38.9 Å². The summed E-state index contributed by atoms with van der Waals surface area (Å²) in [4.78, 5) is 19.4. The zero-order valence-corrected chi connectivity index (χ0v) is 22.2. The van der Waals surface area contributed by atoms with Crippen molar-refractivity contribution >= 4 is 32.7 Å². The average molecular weight is 536 g/mol. The summed E-state index contributed by atoms with van der Waals surface area (Å²) in [5.41, 5.74) is 3.04. The number of nitrogens with one attached hydrogen (secondary N) is 1. The number of benzene rings is 3. The molecule has 0 aliphatic heterocycles. The molecule has 2 amide bonds. The molecule has 1 aromatic heterocycles. The number of carbonyl (C=O) groups is 1. The van der Waals surface area contributed by atoms with E-state index in [-0.39, 0.29) is 22.9 Å². The lowest BCUT2D eigenvalue weighted by Crippen LogP contribution is -2.41. The fourth-order valence-corrected chi connectivity index (χ4v) is 5.20. The van der Waals surface area contributed by atoms with Crippen molar-refractivity contribution in [3.63, 3.8) is 0 Å². The summed E-state index contributed by atoms with van der Waals surface area (Å²) in [6.07, 6.45) is 0.761. The van der Waals surface area contributed by atoms with E-state index in [1.807, 2.05) is 50.2 Å². The van der Waals surface area contributed by atoms with E-state index in [0.717, 1.165) is 18.0 Å². The normalized spacial score (nSPS) is 11.6. The van der Waals surface area contributed by atoms with Crippen molar-refractivity contribution in [2.45, 2.75) is 37.1 Å². The minimum absolute atomic E-state index is 0.0110. The van der Waals surface area contributed by atoms with E-state index in [0.29, 0.717) is 23.1 Å². The first-order valence-corrected chi connectivity index (χ1v) is 14.2. The van der Waals surface area contributed by atoms with Gasteiger partial charge in [0.15, 0.2) is 5.82 Å². The number of nitrogens with zero attached hydrogens (tertiary/aromatic N) is 3. The molecule has 1 heterocycles. The number of sulfonamides is 1. The summed E-state index contributed by atoms with van der Waals surface area (Å²) in [7, 11) is -3.78. The highest BCUT2D eigenvalue weighted by Gasteiger charge is 2.22. The smallest absolute Gasteiger partial charge is 0.322 e. The summed E-state index contributed by atoms with van der Waals surface area (Å²) in [6, 6.07) is 26.3. The van der Waals surface area contributed by atoms with Crippen LogP contribution in [-0.4, -0.2) is 41.3 Å². The molecule has 0 spiro atoms. The van der Waals surface area contributed by atoms with Gasteiger partial charge in [-0.2, -0.15) is 9.36 Å². The third kappa shape index (κ3) is 6.79. The molecule has 192 valence electrons. The van der Waals surface area contributed by atoms with E-state index >= 15 is 0 Å². The lowest BCUT2D eigenvalue weighted by atomic mass is 9.88. The zero-order chi connectivity index (χ0) is 26.4. The minimum atomic E-state index is -3.78. The standard InChI is InChI=1S/C27H29N5O3S2/c1-19(2)32(18-17-24(20-9-5-3-6-10-20)21-11-7-4-8-12-21)27(33)30-26-29-25(31-36-26)22-13-15-23(16-14-22)37(28,34)35/h3-16,19,24H,17-18H2,1-2H3,(H2,28,34,35)(H,29,30,31,33). The molecule has 0 saturated heterocycles. The molecule has 0 radical (unpaired) electrons. The number of aromatic nitrogens is 2. The first-order chi connectivity index (χ1) is 17.7. The van der Waals surface area contributed by atoms with Crippen LogP contribution >= 0.6 is 11.5 Å². The van der Waals surface area contributed by atoms with E-state index in [4.69, 9.17) is 5.14 Å². The lowest BCUT2D eigenvalue weighted by Gasteiger charge is -2.29. The van der Waals surface area contributed by atoms with Crippen molar-refractivity contribution in [2.24, 2.45) is 5.14 Å². The molecule has 4 aromatic rings. The maximum absolute atomic E-state index is 13.2. The van der Waals surface area contributed by atoms with Gasteiger partial charge < -0.3 is 4.90 Å². The average Bonchev–Trinajstić information content (AvgIpc) is 3.35. The first-order valence-electron chi connectivity index (χ1n) is 11.9. The van der Waals surface area contributed by atoms with Crippen LogP contribution in [0.2, 0.25) is 0 Å². The van der Waals surface area contributed by atoms with Gasteiger partial charge in [0.1, 0.15) is 0 Å². The Kier molecular flexibility index (Phi) is 8.32. The van der Waals surface area contributed by atoms with Crippen molar-refractivity contribution < 1.29 is 13.2 Å². The quantitative estimate of drug-likeness (QED) is 0.301. The van der Waals surface area contributed by atoms with E-state index in [1.54, 1.807) is 17.0 Å². The van der Waals surface area contributed by atoms with Crippen molar-refractivity contribution in [3.8, 4) is 11.4 Å². The van der Waals surface area contributed by atoms with Crippen LogP contribution in [0, 0.1) is 0 Å². The van der Waals surface area contributed by atoms with Gasteiger partial charge in [0.25, 0.3) is 0 Å². The van der Waals surface area contributed by atoms with Gasteiger partial charge in [0.2, 0.25) is 15.2 Å². The number of rotatable bonds is 9. The molecule has 0 fully saturated rings. The van der Waals surface area contributed by atoms with Crippen molar-refractivity contribution in [3.05, 3.63) is 96.1 Å². The molecule has 0 saturated carbocycles. The summed E-state index contributed by atoms with van der Waals surface area (Å²) < 4.78 is 27.3. The Morgan fingerprint density at radius 1 is 0.946 bits per heavy atom. The zero-order valence-electron chi connectivity index (χ0n) is 20.6. The molecule has 37 heavy (non-hydrogen) atoms. The summed E-state index contributed by atoms with van der Waals surface area (Å²) in [6.45, 7) is 4.52. The molecule has 0 aliphatic rings. The van der Waals surface area contributed by atoms with Gasteiger partial charge in [-0.15, -0.1) is 0 Å². The van der Waals surface area contributed by atoms with Crippen molar-refractivity contribution in [2.75, 3.05) is 11.9 Å². The highest BCUT2D eigenvalue weighted by atomic mass is 32.2. The van der Waals surface area contributed by atoms with Crippen LogP contribution in [0.4, 0.5) is 9.93 Å². The predicted molar refractivity (Wildman–Crippen MR) is 147 cm³/mol. The maximum Gasteiger partial charge on any atom is 0.323 e. The molecule has 0 unspecified atom stereocenters. The van der Waals surface area contributed by atoms with Gasteiger partial charge in [-0.25, -0.2) is 18.4 Å². The number of anilines is 1. The van der Waals surface area contributed by atoms with E-state index < -0.39 is 10.0 Å². The lowest BCUT2D eigenvalue weighted by molar-refractivity contribution is 0.195. The van der Waals surface area contributed by atoms with Gasteiger partial charge in [-0.1, -0.05) is 60.7 Å². The van der Waals surface area contributed by atoms with Gasteiger partial charge in [-0.3, -0.25) is 5.32 Å². The van der Waals surface area contributed by atoms with Crippen LogP contribution in [0.15, 0.2) is 89.8 Å². The van der Waals surface area contributed by atoms with Crippen LogP contribution < -0.4 is 10.5 Å². The number of hydrogen-bond donors (Lipinski definition) is 2. The molecule has 8 nitrogen and oxygen atoms in total. The van der Waals surface area contributed by atoms with Gasteiger partial charge >= 0.3 is 6.03 Å². The molecule has 0 aliphatic carbocycles. The Morgan fingerprint density at radius 2 is 1.51 bits per heavy atom. The second kappa shape index (κ2) is 11.6. The first kappa shape index (κ1) is 26.5. The topological polar surface area (TPSA) is 118 Å². The van der Waals surface area contributed by atoms with Crippen molar-refractivity contribution in [1.82, 2.24) is 14.3 Å². The van der Waals surface area contributed by atoms with Gasteiger partial charge in [0.05, 0.1) is 4.90 Å². The Balaban J connectivity index is 1.46. The van der Waals surface area contributed by atoms with E-state index in [1.165, 1.54) is 23.3 Å². The van der Waals surface area contributed by atoms with E-state index in [9.17, 15) is 13.2 Å². The number of urea groups is 1. The second-order valence-corrected chi connectivity index (χ2v) is 11.2. The number of carbonyl (C=O) groups excluding carboxylic acids is 1. The SMILES string of the molecule is CC(C)N(CCC(c1ccccc1)c1ccccc1)C(=O)Nc1nc(-c2ccc(S(N)(=O)=O)cc2)ns1. The fraction of sp³-hybridized carbons (Fsp3) is 0.222. The molecule has 10 heteroatoms. The number of primary sulfonamides is 1. The largest absolute Gasteiger partial charge is 0.323 e. The minimum Gasteiger partial charge on any atom is -0.322 e. The predicted octanol–water partition coefficient (Wildman–Crippen LogP) is 5.32. The Hall–Kier alpha value is -3.60. The summed E-state index contributed by atoms with van der Waals surface area (Å²) in [5, 5.41) is 8.39. The molecular formula is C27H29N5O3S2. The van der Waals surface area contributed by atoms with Crippen LogP contribution in [0.3, 0.4) is 0 Å². The summed E-state index contributed by atoms with van der Waals surface area (Å²) in [5.74, 6) is 0.551.